The second-order valence-electron chi connectivity index (χ2n) is 6.82. The van der Waals surface area contributed by atoms with Crippen LogP contribution in [0.1, 0.15) is 27.2 Å². The van der Waals surface area contributed by atoms with Gasteiger partial charge in [-0.15, -0.1) is 5.10 Å². The molecule has 0 saturated heterocycles. The van der Waals surface area contributed by atoms with Gasteiger partial charge in [0, 0.05) is 6.07 Å². The van der Waals surface area contributed by atoms with Crippen molar-refractivity contribution in [2.75, 3.05) is 0 Å². The zero-order chi connectivity index (χ0) is 20.6. The maximum Gasteiger partial charge on any atom is 0.171 e. The van der Waals surface area contributed by atoms with Crippen molar-refractivity contribution in [3.63, 3.8) is 0 Å². The van der Waals surface area contributed by atoms with Crippen molar-refractivity contribution in [3.8, 4) is 11.5 Å². The normalized spacial score (nSPS) is 10.5. The van der Waals surface area contributed by atoms with Crippen LogP contribution in [-0.2, 0) is 19.8 Å². The fourth-order valence-corrected chi connectivity index (χ4v) is 3.00. The van der Waals surface area contributed by atoms with Gasteiger partial charge in [0.15, 0.2) is 6.29 Å². The number of rotatable bonds is 9. The van der Waals surface area contributed by atoms with Crippen molar-refractivity contribution in [1.29, 1.82) is 0 Å². The maximum atomic E-state index is 10.9. The first-order valence-corrected chi connectivity index (χ1v) is 9.61. The second-order valence-corrected chi connectivity index (χ2v) is 6.82. The lowest BCUT2D eigenvalue weighted by atomic mass is 10.2. The number of carbonyl (C=O) groups excluding carboxylic acids is 1. The van der Waals surface area contributed by atoms with Crippen LogP contribution in [0.2, 0.25) is 0 Å². The molecular weight excluding hydrogens is 378 g/mol. The molecule has 30 heavy (non-hydrogen) atoms. The lowest BCUT2D eigenvalue weighted by molar-refractivity contribution is 0.111. The van der Waals surface area contributed by atoms with Crippen LogP contribution in [-0.4, -0.2) is 21.3 Å². The van der Waals surface area contributed by atoms with E-state index in [2.05, 4.69) is 10.3 Å². The highest BCUT2D eigenvalue weighted by Gasteiger charge is 2.07. The summed E-state index contributed by atoms with van der Waals surface area (Å²) in [6.07, 6.45) is 2.28. The Labute approximate surface area is 174 Å². The Morgan fingerprint density at radius 1 is 0.767 bits per heavy atom. The first kappa shape index (κ1) is 19.4. The van der Waals surface area contributed by atoms with E-state index in [1.165, 1.54) is 0 Å². The molecule has 4 rings (SSSR count). The minimum absolute atomic E-state index is 0.298. The molecule has 0 spiro atoms. The molecule has 0 saturated carbocycles. The molecule has 1 heterocycles. The van der Waals surface area contributed by atoms with E-state index in [0.29, 0.717) is 43.2 Å². The molecule has 0 amide bonds. The average molecular weight is 399 g/mol. The van der Waals surface area contributed by atoms with Gasteiger partial charge < -0.3 is 9.47 Å². The van der Waals surface area contributed by atoms with E-state index in [1.54, 1.807) is 10.9 Å². The summed E-state index contributed by atoms with van der Waals surface area (Å²) in [5.74, 6) is 1.41. The minimum atomic E-state index is 0.298. The Morgan fingerprint density at radius 3 is 1.83 bits per heavy atom. The fraction of sp³-hybridized carbons (Fsp3) is 0.125. The summed E-state index contributed by atoms with van der Waals surface area (Å²) in [7, 11) is 0. The predicted molar refractivity (Wildman–Crippen MR) is 113 cm³/mol. The van der Waals surface area contributed by atoms with Gasteiger partial charge in [0.1, 0.15) is 30.4 Å². The quantitative estimate of drug-likeness (QED) is 0.393. The zero-order valence-electron chi connectivity index (χ0n) is 16.3. The van der Waals surface area contributed by atoms with E-state index in [-0.39, 0.29) is 0 Å². The van der Waals surface area contributed by atoms with E-state index in [9.17, 15) is 4.79 Å². The first-order chi connectivity index (χ1) is 14.8. The standard InChI is InChI=1S/C24H21N3O3/c28-16-22-15-27(26-25-22)14-21-11-23(29-17-19-7-3-1-4-8-19)13-24(12-21)30-18-20-9-5-2-6-10-20/h1-13,15-16H,14,17-18H2. The molecular formula is C24H21N3O3. The lowest BCUT2D eigenvalue weighted by Gasteiger charge is -2.13. The third kappa shape index (κ3) is 5.32. The Hall–Kier alpha value is -3.93. The number of hydrogen-bond donors (Lipinski definition) is 0. The molecule has 4 aromatic rings. The van der Waals surface area contributed by atoms with Gasteiger partial charge in [0.25, 0.3) is 0 Å². The van der Waals surface area contributed by atoms with Crippen molar-refractivity contribution < 1.29 is 14.3 Å². The number of hydrogen-bond acceptors (Lipinski definition) is 5. The Morgan fingerprint density at radius 2 is 1.33 bits per heavy atom. The molecule has 0 atom stereocenters. The first-order valence-electron chi connectivity index (χ1n) is 9.61. The molecule has 0 N–H and O–H groups in total. The summed E-state index contributed by atoms with van der Waals surface area (Å²) in [5.41, 5.74) is 3.40. The number of aldehydes is 1. The highest BCUT2D eigenvalue weighted by Crippen LogP contribution is 2.25. The molecule has 3 aromatic carbocycles. The van der Waals surface area contributed by atoms with Gasteiger partial charge in [-0.05, 0) is 28.8 Å². The van der Waals surface area contributed by atoms with E-state index >= 15 is 0 Å². The van der Waals surface area contributed by atoms with E-state index in [0.717, 1.165) is 16.7 Å². The monoisotopic (exact) mass is 399 g/mol. The zero-order valence-corrected chi connectivity index (χ0v) is 16.3. The van der Waals surface area contributed by atoms with Crippen molar-refractivity contribution in [3.05, 3.63) is 107 Å². The second kappa shape index (κ2) is 9.52. The number of benzene rings is 3. The molecule has 0 aliphatic rings. The van der Waals surface area contributed by atoms with Gasteiger partial charge in [-0.3, -0.25) is 4.79 Å². The van der Waals surface area contributed by atoms with Crippen LogP contribution in [0, 0.1) is 0 Å². The van der Waals surface area contributed by atoms with Gasteiger partial charge in [0.2, 0.25) is 0 Å². The van der Waals surface area contributed by atoms with Crippen LogP contribution in [0.4, 0.5) is 0 Å². The Bertz CT molecular complexity index is 1030. The van der Waals surface area contributed by atoms with E-state index in [4.69, 9.17) is 9.47 Å². The molecule has 0 aliphatic carbocycles. The Balaban J connectivity index is 1.53. The predicted octanol–water partition coefficient (Wildman–Crippen LogP) is 4.30. The van der Waals surface area contributed by atoms with E-state index < -0.39 is 0 Å². The lowest BCUT2D eigenvalue weighted by Crippen LogP contribution is -2.03. The Kier molecular flexibility index (Phi) is 6.15. The number of aromatic nitrogens is 3. The topological polar surface area (TPSA) is 66.2 Å². The van der Waals surface area contributed by atoms with Crippen LogP contribution in [0.5, 0.6) is 11.5 Å². The van der Waals surface area contributed by atoms with Crippen molar-refractivity contribution in [1.82, 2.24) is 15.0 Å². The summed E-state index contributed by atoms with van der Waals surface area (Å²) >= 11 is 0. The summed E-state index contributed by atoms with van der Waals surface area (Å²) in [6, 6.07) is 25.8. The molecule has 0 aliphatic heterocycles. The van der Waals surface area contributed by atoms with Gasteiger partial charge >= 0.3 is 0 Å². The van der Waals surface area contributed by atoms with Gasteiger partial charge in [-0.2, -0.15) is 0 Å². The van der Waals surface area contributed by atoms with Gasteiger partial charge in [0.05, 0.1) is 12.7 Å². The average Bonchev–Trinajstić information content (AvgIpc) is 3.25. The highest BCUT2D eigenvalue weighted by atomic mass is 16.5. The highest BCUT2D eigenvalue weighted by molar-refractivity contribution is 5.70. The van der Waals surface area contributed by atoms with Crippen LogP contribution in [0.15, 0.2) is 85.1 Å². The summed E-state index contributed by atoms with van der Waals surface area (Å²) in [5, 5.41) is 7.79. The van der Waals surface area contributed by atoms with Gasteiger partial charge in [-0.25, -0.2) is 4.68 Å². The third-order valence-electron chi connectivity index (χ3n) is 4.46. The van der Waals surface area contributed by atoms with Crippen LogP contribution in [0.25, 0.3) is 0 Å². The van der Waals surface area contributed by atoms with Crippen molar-refractivity contribution >= 4 is 6.29 Å². The molecule has 0 bridgehead atoms. The van der Waals surface area contributed by atoms with Crippen LogP contribution in [0.3, 0.4) is 0 Å². The molecule has 0 unspecified atom stereocenters. The minimum Gasteiger partial charge on any atom is -0.489 e. The summed E-state index contributed by atoms with van der Waals surface area (Å²) in [4.78, 5) is 10.9. The summed E-state index contributed by atoms with van der Waals surface area (Å²) < 4.78 is 13.6. The number of ether oxygens (including phenoxy) is 2. The van der Waals surface area contributed by atoms with Crippen LogP contribution >= 0.6 is 0 Å². The number of carbonyl (C=O) groups is 1. The fourth-order valence-electron chi connectivity index (χ4n) is 3.00. The largest absolute Gasteiger partial charge is 0.489 e. The molecule has 150 valence electrons. The van der Waals surface area contributed by atoms with Gasteiger partial charge in [-0.1, -0.05) is 65.9 Å². The molecule has 6 heteroatoms. The van der Waals surface area contributed by atoms with E-state index in [1.807, 2.05) is 78.9 Å². The number of nitrogens with zero attached hydrogens (tertiary/aromatic N) is 3. The molecule has 0 fully saturated rings. The third-order valence-corrected chi connectivity index (χ3v) is 4.46. The molecule has 0 radical (unpaired) electrons. The molecule has 6 nitrogen and oxygen atoms in total. The van der Waals surface area contributed by atoms with Crippen LogP contribution < -0.4 is 9.47 Å². The summed E-state index contributed by atoms with van der Waals surface area (Å²) in [6.45, 7) is 1.37. The SMILES string of the molecule is O=Cc1cn(Cc2cc(OCc3ccccc3)cc(OCc3ccccc3)c2)nn1. The smallest absolute Gasteiger partial charge is 0.171 e. The van der Waals surface area contributed by atoms with Crippen molar-refractivity contribution in [2.24, 2.45) is 0 Å². The molecule has 1 aromatic heterocycles. The maximum absolute atomic E-state index is 10.9. The van der Waals surface area contributed by atoms with Crippen molar-refractivity contribution in [2.45, 2.75) is 19.8 Å².